The van der Waals surface area contributed by atoms with E-state index in [1.54, 1.807) is 6.92 Å². The minimum atomic E-state index is -1.06. The summed E-state index contributed by atoms with van der Waals surface area (Å²) in [6.07, 6.45) is 0. The zero-order chi connectivity index (χ0) is 14.7. The molecule has 0 aliphatic rings. The maximum Gasteiger partial charge on any atom is 0.257 e. The number of ether oxygens (including phenoxy) is 1. The van der Waals surface area contributed by atoms with Gasteiger partial charge in [0.25, 0.3) is 5.91 Å². The van der Waals surface area contributed by atoms with Crippen LogP contribution in [0.15, 0.2) is 16.5 Å². The molecule has 0 aliphatic heterocycles. The number of halogens is 2. The molecule has 1 aromatic carbocycles. The van der Waals surface area contributed by atoms with E-state index in [1.165, 1.54) is 7.11 Å². The van der Waals surface area contributed by atoms with Crippen LogP contribution < -0.4 is 10.1 Å². The smallest absolute Gasteiger partial charge is 0.257 e. The van der Waals surface area contributed by atoms with E-state index >= 15 is 0 Å². The SMILES string of the molecule is COc1ccc(F)c(C(=O)NCc2nnc(C)o2)c1F. The summed E-state index contributed by atoms with van der Waals surface area (Å²) in [5.74, 6) is -2.73. The maximum atomic E-state index is 13.8. The number of methoxy groups -OCH3 is 1. The van der Waals surface area contributed by atoms with Crippen molar-refractivity contribution in [3.8, 4) is 5.75 Å². The van der Waals surface area contributed by atoms with Gasteiger partial charge in [0, 0.05) is 6.92 Å². The maximum absolute atomic E-state index is 13.8. The van der Waals surface area contributed by atoms with E-state index in [4.69, 9.17) is 9.15 Å². The molecule has 106 valence electrons. The lowest BCUT2D eigenvalue weighted by Gasteiger charge is -2.08. The van der Waals surface area contributed by atoms with Crippen LogP contribution in [0.25, 0.3) is 0 Å². The van der Waals surface area contributed by atoms with Gasteiger partial charge in [0.15, 0.2) is 11.6 Å². The fourth-order valence-corrected chi connectivity index (χ4v) is 1.55. The van der Waals surface area contributed by atoms with Crippen molar-refractivity contribution in [2.75, 3.05) is 7.11 Å². The van der Waals surface area contributed by atoms with Gasteiger partial charge in [-0.1, -0.05) is 0 Å². The van der Waals surface area contributed by atoms with Crippen LogP contribution in [0.1, 0.15) is 22.1 Å². The molecular formula is C12H11F2N3O3. The molecule has 0 spiro atoms. The van der Waals surface area contributed by atoms with Crippen molar-refractivity contribution in [2.24, 2.45) is 0 Å². The summed E-state index contributed by atoms with van der Waals surface area (Å²) in [5.41, 5.74) is -0.722. The van der Waals surface area contributed by atoms with Gasteiger partial charge in [-0.15, -0.1) is 10.2 Å². The number of nitrogens with one attached hydrogen (secondary N) is 1. The first-order valence-corrected chi connectivity index (χ1v) is 5.62. The molecule has 1 heterocycles. The molecular weight excluding hydrogens is 272 g/mol. The molecule has 0 radical (unpaired) electrons. The van der Waals surface area contributed by atoms with Gasteiger partial charge >= 0.3 is 0 Å². The topological polar surface area (TPSA) is 77.2 Å². The van der Waals surface area contributed by atoms with E-state index in [9.17, 15) is 13.6 Å². The minimum absolute atomic E-state index is 0.129. The number of aromatic nitrogens is 2. The predicted molar refractivity (Wildman–Crippen MR) is 63.1 cm³/mol. The molecule has 1 N–H and O–H groups in total. The summed E-state index contributed by atoms with van der Waals surface area (Å²) in [6.45, 7) is 1.45. The monoisotopic (exact) mass is 283 g/mol. The summed E-state index contributed by atoms with van der Waals surface area (Å²) in [5, 5.41) is 9.50. The van der Waals surface area contributed by atoms with E-state index in [0.29, 0.717) is 5.89 Å². The summed E-state index contributed by atoms with van der Waals surface area (Å²) in [4.78, 5) is 11.8. The molecule has 0 aliphatic carbocycles. The molecule has 1 aromatic heterocycles. The summed E-state index contributed by atoms with van der Waals surface area (Å²) in [6, 6.07) is 2.05. The van der Waals surface area contributed by atoms with Crippen molar-refractivity contribution in [1.29, 1.82) is 0 Å². The Bertz CT molecular complexity index is 643. The van der Waals surface area contributed by atoms with Crippen LogP contribution >= 0.6 is 0 Å². The van der Waals surface area contributed by atoms with Gasteiger partial charge in [-0.25, -0.2) is 8.78 Å². The molecule has 0 saturated heterocycles. The summed E-state index contributed by atoms with van der Waals surface area (Å²) in [7, 11) is 1.22. The number of aryl methyl sites for hydroxylation is 1. The van der Waals surface area contributed by atoms with Crippen LogP contribution in [-0.2, 0) is 6.54 Å². The van der Waals surface area contributed by atoms with Crippen molar-refractivity contribution in [3.05, 3.63) is 41.1 Å². The van der Waals surface area contributed by atoms with Gasteiger partial charge in [-0.3, -0.25) is 4.79 Å². The highest BCUT2D eigenvalue weighted by atomic mass is 19.1. The first-order chi connectivity index (χ1) is 9.52. The van der Waals surface area contributed by atoms with Crippen molar-refractivity contribution in [1.82, 2.24) is 15.5 Å². The van der Waals surface area contributed by atoms with E-state index < -0.39 is 23.1 Å². The minimum Gasteiger partial charge on any atom is -0.494 e. The van der Waals surface area contributed by atoms with Crippen LogP contribution in [0.2, 0.25) is 0 Å². The van der Waals surface area contributed by atoms with Crippen LogP contribution in [0.5, 0.6) is 5.75 Å². The Labute approximate surface area is 112 Å². The average molecular weight is 283 g/mol. The number of carbonyl (C=O) groups excluding carboxylic acids is 1. The normalized spacial score (nSPS) is 10.4. The second-order valence-corrected chi connectivity index (χ2v) is 3.84. The van der Waals surface area contributed by atoms with Gasteiger partial charge < -0.3 is 14.5 Å². The number of rotatable bonds is 4. The van der Waals surface area contributed by atoms with Crippen molar-refractivity contribution >= 4 is 5.91 Å². The zero-order valence-electron chi connectivity index (χ0n) is 10.7. The lowest BCUT2D eigenvalue weighted by atomic mass is 10.1. The number of hydrogen-bond acceptors (Lipinski definition) is 5. The fraction of sp³-hybridized carbons (Fsp3) is 0.250. The van der Waals surface area contributed by atoms with E-state index in [2.05, 4.69) is 15.5 Å². The van der Waals surface area contributed by atoms with E-state index in [1.807, 2.05) is 0 Å². The predicted octanol–water partition coefficient (Wildman–Crippen LogP) is 1.59. The molecule has 0 atom stereocenters. The van der Waals surface area contributed by atoms with Crippen LogP contribution in [0.4, 0.5) is 8.78 Å². The van der Waals surface area contributed by atoms with Gasteiger partial charge in [-0.2, -0.15) is 0 Å². The Hall–Kier alpha value is -2.51. The number of nitrogens with zero attached hydrogens (tertiary/aromatic N) is 2. The van der Waals surface area contributed by atoms with Crippen molar-refractivity contribution < 1.29 is 22.7 Å². The first-order valence-electron chi connectivity index (χ1n) is 5.62. The fourth-order valence-electron chi connectivity index (χ4n) is 1.55. The highest BCUT2D eigenvalue weighted by Crippen LogP contribution is 2.22. The largest absolute Gasteiger partial charge is 0.494 e. The molecule has 20 heavy (non-hydrogen) atoms. The third kappa shape index (κ3) is 2.73. The Morgan fingerprint density at radius 3 is 2.75 bits per heavy atom. The molecule has 2 aromatic rings. The second kappa shape index (κ2) is 5.64. The molecule has 0 saturated carbocycles. The van der Waals surface area contributed by atoms with Gasteiger partial charge in [-0.05, 0) is 12.1 Å². The van der Waals surface area contributed by atoms with Crippen LogP contribution in [0.3, 0.4) is 0 Å². The van der Waals surface area contributed by atoms with Gasteiger partial charge in [0.1, 0.15) is 11.4 Å². The second-order valence-electron chi connectivity index (χ2n) is 3.84. The highest BCUT2D eigenvalue weighted by Gasteiger charge is 2.21. The lowest BCUT2D eigenvalue weighted by Crippen LogP contribution is -2.25. The zero-order valence-corrected chi connectivity index (χ0v) is 10.7. The van der Waals surface area contributed by atoms with Crippen LogP contribution in [-0.4, -0.2) is 23.2 Å². The van der Waals surface area contributed by atoms with Crippen LogP contribution in [0, 0.1) is 18.6 Å². The molecule has 0 unspecified atom stereocenters. The number of carbonyl (C=O) groups is 1. The number of hydrogen-bond donors (Lipinski definition) is 1. The standard InChI is InChI=1S/C12H11F2N3O3/c1-6-16-17-9(20-6)5-15-12(18)10-7(13)3-4-8(19-2)11(10)14/h3-4H,5H2,1-2H3,(H,15,18). The number of benzene rings is 1. The Morgan fingerprint density at radius 2 is 2.15 bits per heavy atom. The average Bonchev–Trinajstić information content (AvgIpc) is 2.82. The Morgan fingerprint density at radius 1 is 1.40 bits per heavy atom. The van der Waals surface area contributed by atoms with E-state index in [0.717, 1.165) is 12.1 Å². The van der Waals surface area contributed by atoms with Crippen molar-refractivity contribution in [3.63, 3.8) is 0 Å². The number of amides is 1. The Balaban J connectivity index is 2.16. The molecule has 0 bridgehead atoms. The molecule has 0 fully saturated rings. The third-order valence-electron chi connectivity index (χ3n) is 2.47. The third-order valence-corrected chi connectivity index (χ3v) is 2.47. The van der Waals surface area contributed by atoms with E-state index in [-0.39, 0.29) is 18.2 Å². The molecule has 1 amide bonds. The Kier molecular flexibility index (Phi) is 3.92. The lowest BCUT2D eigenvalue weighted by molar-refractivity contribution is 0.0937. The van der Waals surface area contributed by atoms with Crippen molar-refractivity contribution in [2.45, 2.75) is 13.5 Å². The molecule has 8 heteroatoms. The first kappa shape index (κ1) is 13.9. The quantitative estimate of drug-likeness (QED) is 0.922. The van der Waals surface area contributed by atoms with Gasteiger partial charge in [0.2, 0.25) is 11.8 Å². The summed E-state index contributed by atoms with van der Waals surface area (Å²) < 4.78 is 37.1. The summed E-state index contributed by atoms with van der Waals surface area (Å²) >= 11 is 0. The highest BCUT2D eigenvalue weighted by molar-refractivity contribution is 5.95. The molecule has 6 nitrogen and oxygen atoms in total. The molecule has 2 rings (SSSR count). The van der Waals surface area contributed by atoms with Gasteiger partial charge in [0.05, 0.1) is 13.7 Å².